The first kappa shape index (κ1) is 14.2. The molecule has 5 nitrogen and oxygen atoms in total. The number of carbonyl (C=O) groups is 2. The average molecular weight is 336 g/mol. The van der Waals surface area contributed by atoms with Gasteiger partial charge in [-0.2, -0.15) is 0 Å². The van der Waals surface area contributed by atoms with E-state index in [2.05, 4.69) is 25.7 Å². The second-order valence-corrected chi connectivity index (χ2v) is 4.63. The minimum absolute atomic E-state index is 0.206. The minimum atomic E-state index is -0.505. The fraction of sp³-hybridized carbons (Fsp3) is 0.0714. The summed E-state index contributed by atoms with van der Waals surface area (Å²) in [6.07, 6.45) is 2.17. The van der Waals surface area contributed by atoms with Crippen LogP contribution in [0.3, 0.4) is 0 Å². The molecule has 1 aromatic carbocycles. The molecular weight excluding hydrogens is 326 g/mol. The van der Waals surface area contributed by atoms with E-state index in [0.717, 1.165) is 6.29 Å². The van der Waals surface area contributed by atoms with Crippen molar-refractivity contribution in [2.24, 2.45) is 0 Å². The van der Waals surface area contributed by atoms with Crippen LogP contribution in [0.4, 0.5) is 0 Å². The molecule has 0 saturated carbocycles. The van der Waals surface area contributed by atoms with E-state index in [4.69, 9.17) is 4.74 Å². The Kier molecular flexibility index (Phi) is 4.47. The van der Waals surface area contributed by atoms with Crippen molar-refractivity contribution in [3.63, 3.8) is 0 Å². The molecule has 0 radical (unpaired) electrons. The van der Waals surface area contributed by atoms with Gasteiger partial charge in [0.05, 0.1) is 13.3 Å². The van der Waals surface area contributed by atoms with Crippen LogP contribution in [0, 0.1) is 0 Å². The Bertz CT molecular complexity index is 640. The molecule has 0 aliphatic heterocycles. The molecule has 20 heavy (non-hydrogen) atoms. The number of ether oxygens (including phenoxy) is 2. The highest BCUT2D eigenvalue weighted by Crippen LogP contribution is 2.26. The molecule has 0 unspecified atom stereocenters. The predicted octanol–water partition coefficient (Wildman–Crippen LogP) is 3.24. The standard InChI is InChI=1S/C14H10BrNO4/c1-19-14(18)13-5-4-11(7-16-13)20-10-3-2-9(8-17)12(15)6-10/h2-8H,1H3. The molecule has 0 fully saturated rings. The lowest BCUT2D eigenvalue weighted by atomic mass is 10.2. The highest BCUT2D eigenvalue weighted by atomic mass is 79.9. The highest BCUT2D eigenvalue weighted by Gasteiger charge is 2.07. The van der Waals surface area contributed by atoms with Gasteiger partial charge in [-0.15, -0.1) is 0 Å². The van der Waals surface area contributed by atoms with Crippen LogP contribution in [-0.2, 0) is 4.74 Å². The molecule has 2 aromatic rings. The quantitative estimate of drug-likeness (QED) is 0.633. The number of halogens is 1. The molecule has 0 bridgehead atoms. The van der Waals surface area contributed by atoms with Crippen LogP contribution in [-0.4, -0.2) is 24.3 Å². The van der Waals surface area contributed by atoms with Crippen LogP contribution < -0.4 is 4.74 Å². The summed E-state index contributed by atoms with van der Waals surface area (Å²) in [5, 5.41) is 0. The summed E-state index contributed by atoms with van der Waals surface area (Å²) < 4.78 is 10.8. The summed E-state index contributed by atoms with van der Waals surface area (Å²) in [7, 11) is 1.29. The Hall–Kier alpha value is -2.21. The Morgan fingerprint density at radius 1 is 1.25 bits per heavy atom. The van der Waals surface area contributed by atoms with Gasteiger partial charge in [0.2, 0.25) is 0 Å². The zero-order valence-electron chi connectivity index (χ0n) is 10.5. The van der Waals surface area contributed by atoms with E-state index in [1.807, 2.05) is 0 Å². The smallest absolute Gasteiger partial charge is 0.356 e. The van der Waals surface area contributed by atoms with E-state index in [0.29, 0.717) is 21.5 Å². The molecule has 0 N–H and O–H groups in total. The summed E-state index contributed by atoms with van der Waals surface area (Å²) in [4.78, 5) is 25.9. The third-order valence-corrected chi connectivity index (χ3v) is 3.15. The number of benzene rings is 1. The Balaban J connectivity index is 2.16. The van der Waals surface area contributed by atoms with Crippen LogP contribution in [0.2, 0.25) is 0 Å². The molecule has 0 spiro atoms. The Labute approximate surface area is 123 Å². The monoisotopic (exact) mass is 335 g/mol. The topological polar surface area (TPSA) is 65.5 Å². The number of hydrogen-bond donors (Lipinski definition) is 0. The Morgan fingerprint density at radius 2 is 2.00 bits per heavy atom. The number of hydrogen-bond acceptors (Lipinski definition) is 5. The number of aromatic nitrogens is 1. The first-order chi connectivity index (χ1) is 9.63. The predicted molar refractivity (Wildman–Crippen MR) is 75.2 cm³/mol. The number of carbonyl (C=O) groups excluding carboxylic acids is 2. The van der Waals surface area contributed by atoms with Gasteiger partial charge in [0.1, 0.15) is 17.2 Å². The number of nitrogens with zero attached hydrogens (tertiary/aromatic N) is 1. The molecule has 0 amide bonds. The molecular formula is C14H10BrNO4. The minimum Gasteiger partial charge on any atom is -0.464 e. The zero-order valence-corrected chi connectivity index (χ0v) is 12.1. The van der Waals surface area contributed by atoms with Gasteiger partial charge >= 0.3 is 5.97 Å². The van der Waals surface area contributed by atoms with Crippen molar-refractivity contribution < 1.29 is 19.1 Å². The van der Waals surface area contributed by atoms with Crippen molar-refractivity contribution >= 4 is 28.2 Å². The molecule has 0 aliphatic carbocycles. The maximum atomic E-state index is 11.2. The average Bonchev–Trinajstić information content (AvgIpc) is 2.47. The van der Waals surface area contributed by atoms with E-state index in [1.165, 1.54) is 19.4 Å². The first-order valence-corrected chi connectivity index (χ1v) is 6.40. The van der Waals surface area contributed by atoms with Crippen molar-refractivity contribution in [3.8, 4) is 11.5 Å². The lowest BCUT2D eigenvalue weighted by Crippen LogP contribution is -2.03. The molecule has 1 heterocycles. The van der Waals surface area contributed by atoms with Crippen molar-refractivity contribution in [2.45, 2.75) is 0 Å². The molecule has 6 heteroatoms. The van der Waals surface area contributed by atoms with Crippen LogP contribution in [0.25, 0.3) is 0 Å². The van der Waals surface area contributed by atoms with Crippen molar-refractivity contribution in [2.75, 3.05) is 7.11 Å². The maximum absolute atomic E-state index is 11.2. The van der Waals surface area contributed by atoms with Crippen LogP contribution >= 0.6 is 15.9 Å². The fourth-order valence-corrected chi connectivity index (χ4v) is 1.92. The number of esters is 1. The van der Waals surface area contributed by atoms with Crippen LogP contribution in [0.1, 0.15) is 20.8 Å². The van der Waals surface area contributed by atoms with Crippen molar-refractivity contribution in [1.82, 2.24) is 4.98 Å². The number of methoxy groups -OCH3 is 1. The molecule has 0 aliphatic rings. The number of rotatable bonds is 4. The number of pyridine rings is 1. The number of aldehydes is 1. The molecule has 2 rings (SSSR count). The van der Waals surface area contributed by atoms with Gasteiger partial charge in [-0.3, -0.25) is 4.79 Å². The summed E-state index contributed by atoms with van der Waals surface area (Å²) in [5.74, 6) is 0.521. The van der Waals surface area contributed by atoms with Gasteiger partial charge in [-0.05, 0) is 46.3 Å². The molecule has 0 atom stereocenters. The molecule has 0 saturated heterocycles. The highest BCUT2D eigenvalue weighted by molar-refractivity contribution is 9.10. The van der Waals surface area contributed by atoms with Gasteiger partial charge in [0, 0.05) is 10.0 Å². The third-order valence-electron chi connectivity index (χ3n) is 2.47. The van der Waals surface area contributed by atoms with E-state index >= 15 is 0 Å². The van der Waals surface area contributed by atoms with Crippen LogP contribution in [0.15, 0.2) is 41.0 Å². The largest absolute Gasteiger partial charge is 0.464 e. The van der Waals surface area contributed by atoms with Gasteiger partial charge in [0.15, 0.2) is 6.29 Å². The normalized spacial score (nSPS) is 9.90. The lowest BCUT2D eigenvalue weighted by Gasteiger charge is -2.07. The first-order valence-electron chi connectivity index (χ1n) is 5.61. The van der Waals surface area contributed by atoms with Gasteiger partial charge in [0.25, 0.3) is 0 Å². The van der Waals surface area contributed by atoms with Crippen molar-refractivity contribution in [1.29, 1.82) is 0 Å². The Morgan fingerprint density at radius 3 is 2.55 bits per heavy atom. The fourth-order valence-electron chi connectivity index (χ4n) is 1.47. The molecule has 1 aromatic heterocycles. The van der Waals surface area contributed by atoms with Crippen LogP contribution in [0.5, 0.6) is 11.5 Å². The molecule has 102 valence electrons. The zero-order chi connectivity index (χ0) is 14.5. The van der Waals surface area contributed by atoms with Gasteiger partial charge in [-0.25, -0.2) is 9.78 Å². The summed E-state index contributed by atoms with van der Waals surface area (Å²) in [5.41, 5.74) is 0.744. The second-order valence-electron chi connectivity index (χ2n) is 3.77. The van der Waals surface area contributed by atoms with Crippen molar-refractivity contribution in [3.05, 3.63) is 52.3 Å². The summed E-state index contributed by atoms with van der Waals surface area (Å²) in [6.45, 7) is 0. The summed E-state index contributed by atoms with van der Waals surface area (Å²) in [6, 6.07) is 8.11. The van der Waals surface area contributed by atoms with E-state index in [1.54, 1.807) is 24.3 Å². The SMILES string of the molecule is COC(=O)c1ccc(Oc2ccc(C=O)c(Br)c2)cn1. The van der Waals surface area contributed by atoms with E-state index in [-0.39, 0.29) is 5.69 Å². The van der Waals surface area contributed by atoms with E-state index in [9.17, 15) is 9.59 Å². The van der Waals surface area contributed by atoms with Gasteiger partial charge < -0.3 is 9.47 Å². The maximum Gasteiger partial charge on any atom is 0.356 e. The summed E-state index contributed by atoms with van der Waals surface area (Å²) >= 11 is 3.27. The third kappa shape index (κ3) is 3.21. The lowest BCUT2D eigenvalue weighted by molar-refractivity contribution is 0.0594. The second kappa shape index (κ2) is 6.29. The van der Waals surface area contributed by atoms with E-state index < -0.39 is 5.97 Å². The van der Waals surface area contributed by atoms with Gasteiger partial charge in [-0.1, -0.05) is 0 Å².